The molecular formula is C19H27N3O3. The van der Waals surface area contributed by atoms with E-state index in [9.17, 15) is 4.79 Å². The van der Waals surface area contributed by atoms with Crippen molar-refractivity contribution in [2.75, 3.05) is 47.5 Å². The lowest BCUT2D eigenvalue weighted by Crippen LogP contribution is -2.55. The summed E-state index contributed by atoms with van der Waals surface area (Å²) in [4.78, 5) is 19.5. The number of hydrogen-bond donors (Lipinski definition) is 1. The lowest BCUT2D eigenvalue weighted by molar-refractivity contribution is -0.160. The number of nitrogens with zero attached hydrogens (tertiary/aromatic N) is 2. The van der Waals surface area contributed by atoms with Crippen LogP contribution in [0.4, 0.5) is 0 Å². The molecule has 1 unspecified atom stereocenters. The van der Waals surface area contributed by atoms with E-state index in [1.807, 2.05) is 6.07 Å². The molecule has 1 amide bonds. The molecule has 1 fully saturated rings. The average Bonchev–Trinajstić information content (AvgIpc) is 2.98. The maximum atomic E-state index is 12.3. The molecule has 1 aromatic heterocycles. The van der Waals surface area contributed by atoms with Crippen molar-refractivity contribution in [3.8, 4) is 0 Å². The molecule has 25 heavy (non-hydrogen) atoms. The number of carbonyl (C=O) groups excluding carboxylic acids is 1. The molecule has 1 aliphatic rings. The van der Waals surface area contributed by atoms with Gasteiger partial charge in [0.1, 0.15) is 5.60 Å². The van der Waals surface area contributed by atoms with Gasteiger partial charge < -0.3 is 19.4 Å². The third-order valence-electron chi connectivity index (χ3n) is 4.78. The number of benzene rings is 1. The fourth-order valence-corrected chi connectivity index (χ4v) is 3.50. The van der Waals surface area contributed by atoms with Gasteiger partial charge in [-0.1, -0.05) is 18.2 Å². The minimum atomic E-state index is -0.583. The Hall–Kier alpha value is -1.89. The molecule has 1 aromatic carbocycles. The molecule has 6 nitrogen and oxygen atoms in total. The Kier molecular flexibility index (Phi) is 5.42. The number of ether oxygens (including phenoxy) is 2. The number of methoxy groups -OCH3 is 1. The zero-order valence-corrected chi connectivity index (χ0v) is 15.2. The van der Waals surface area contributed by atoms with Crippen LogP contribution in [-0.4, -0.2) is 73.8 Å². The third-order valence-corrected chi connectivity index (χ3v) is 4.78. The summed E-state index contributed by atoms with van der Waals surface area (Å²) in [5.41, 5.74) is 1.83. The third kappa shape index (κ3) is 4.03. The van der Waals surface area contributed by atoms with Crippen LogP contribution in [0.5, 0.6) is 0 Å². The summed E-state index contributed by atoms with van der Waals surface area (Å²) in [6.45, 7) is 3.37. The van der Waals surface area contributed by atoms with Crippen molar-refractivity contribution in [3.63, 3.8) is 0 Å². The topological polar surface area (TPSA) is 57.8 Å². The number of fused-ring (bicyclic) bond motifs is 1. The smallest absolute Gasteiger partial charge is 0.225 e. The number of aromatic amines is 1. The Morgan fingerprint density at radius 3 is 2.96 bits per heavy atom. The molecule has 1 N–H and O–H groups in total. The van der Waals surface area contributed by atoms with E-state index >= 15 is 0 Å². The maximum Gasteiger partial charge on any atom is 0.225 e. The minimum absolute atomic E-state index is 0.0611. The number of H-pyrrole nitrogens is 1. The Morgan fingerprint density at radius 2 is 2.20 bits per heavy atom. The Bertz CT molecular complexity index is 724. The first-order chi connectivity index (χ1) is 12.0. The van der Waals surface area contributed by atoms with Gasteiger partial charge in [0, 0.05) is 57.9 Å². The first-order valence-electron chi connectivity index (χ1n) is 8.63. The van der Waals surface area contributed by atoms with E-state index < -0.39 is 5.60 Å². The number of hydrogen-bond acceptors (Lipinski definition) is 4. The molecule has 2 heterocycles. The highest BCUT2D eigenvalue weighted by Crippen LogP contribution is 2.26. The first kappa shape index (κ1) is 17.9. The van der Waals surface area contributed by atoms with Crippen LogP contribution in [0, 0.1) is 0 Å². The van der Waals surface area contributed by atoms with Crippen molar-refractivity contribution in [2.45, 2.75) is 18.6 Å². The second kappa shape index (κ2) is 7.56. The second-order valence-electron chi connectivity index (χ2n) is 7.00. The highest BCUT2D eigenvalue weighted by molar-refractivity contribution is 5.83. The van der Waals surface area contributed by atoms with E-state index in [-0.39, 0.29) is 5.91 Å². The number of rotatable bonds is 6. The lowest BCUT2D eigenvalue weighted by Gasteiger charge is -2.42. The largest absolute Gasteiger partial charge is 0.382 e. The van der Waals surface area contributed by atoms with Gasteiger partial charge in [-0.15, -0.1) is 0 Å². The molecule has 6 heteroatoms. The number of carbonyl (C=O) groups is 1. The van der Waals surface area contributed by atoms with Crippen LogP contribution < -0.4 is 0 Å². The second-order valence-corrected chi connectivity index (χ2v) is 7.00. The fourth-order valence-electron chi connectivity index (χ4n) is 3.50. The summed E-state index contributed by atoms with van der Waals surface area (Å²) >= 11 is 0. The van der Waals surface area contributed by atoms with Crippen LogP contribution >= 0.6 is 0 Å². The van der Waals surface area contributed by atoms with E-state index in [0.717, 1.165) is 18.6 Å². The van der Waals surface area contributed by atoms with Gasteiger partial charge in [-0.05, 0) is 11.6 Å². The Labute approximate surface area is 148 Å². The quantitative estimate of drug-likeness (QED) is 0.868. The maximum absolute atomic E-state index is 12.3. The fraction of sp³-hybridized carbons (Fsp3) is 0.526. The molecule has 0 aliphatic carbocycles. The van der Waals surface area contributed by atoms with Crippen molar-refractivity contribution in [1.29, 1.82) is 0 Å². The number of nitrogens with one attached hydrogen (secondary N) is 1. The van der Waals surface area contributed by atoms with Gasteiger partial charge in [-0.3, -0.25) is 9.69 Å². The Morgan fingerprint density at radius 1 is 1.40 bits per heavy atom. The van der Waals surface area contributed by atoms with Gasteiger partial charge in [-0.25, -0.2) is 0 Å². The van der Waals surface area contributed by atoms with Gasteiger partial charge in [0.25, 0.3) is 0 Å². The standard InChI is InChI=1S/C19H27N3O3/c1-21(2)18(23)10-19(14-24-3)13-22(8-9-25-19)12-15-11-20-17-7-5-4-6-16(15)17/h4-7,11,20H,8-10,12-14H2,1-3H3. The molecule has 136 valence electrons. The zero-order valence-electron chi connectivity index (χ0n) is 15.2. The number of amides is 1. The molecule has 1 aliphatic heterocycles. The molecule has 0 radical (unpaired) electrons. The number of aromatic nitrogens is 1. The van der Waals surface area contributed by atoms with Gasteiger partial charge in [0.15, 0.2) is 0 Å². The van der Waals surface area contributed by atoms with Crippen molar-refractivity contribution in [2.24, 2.45) is 0 Å². The van der Waals surface area contributed by atoms with Gasteiger partial charge in [0.05, 0.1) is 19.6 Å². The van der Waals surface area contributed by atoms with Crippen molar-refractivity contribution >= 4 is 16.8 Å². The highest BCUT2D eigenvalue weighted by Gasteiger charge is 2.39. The normalized spacial score (nSPS) is 21.6. The van der Waals surface area contributed by atoms with Crippen molar-refractivity contribution in [1.82, 2.24) is 14.8 Å². The predicted octanol–water partition coefficient (Wildman–Crippen LogP) is 1.86. The SMILES string of the molecule is COCC1(CC(=O)N(C)C)CN(Cc2c[nH]c3ccccc23)CCO1. The van der Waals surface area contributed by atoms with Crippen molar-refractivity contribution in [3.05, 3.63) is 36.0 Å². The van der Waals surface area contributed by atoms with Crippen LogP contribution in [0.3, 0.4) is 0 Å². The van der Waals surface area contributed by atoms with Crippen LogP contribution in [0.2, 0.25) is 0 Å². The predicted molar refractivity (Wildman–Crippen MR) is 97.4 cm³/mol. The minimum Gasteiger partial charge on any atom is -0.382 e. The summed E-state index contributed by atoms with van der Waals surface area (Å²) in [6, 6.07) is 8.32. The molecule has 0 bridgehead atoms. The van der Waals surface area contributed by atoms with Crippen LogP contribution in [0.25, 0.3) is 10.9 Å². The molecular weight excluding hydrogens is 318 g/mol. The molecule has 1 atom stereocenters. The molecule has 2 aromatic rings. The van der Waals surface area contributed by atoms with Crippen LogP contribution in [0.15, 0.2) is 30.5 Å². The summed E-state index contributed by atoms with van der Waals surface area (Å²) in [7, 11) is 5.20. The summed E-state index contributed by atoms with van der Waals surface area (Å²) < 4.78 is 11.4. The van der Waals surface area contributed by atoms with Crippen LogP contribution in [-0.2, 0) is 20.8 Å². The van der Waals surface area contributed by atoms with E-state index in [1.165, 1.54) is 10.9 Å². The highest BCUT2D eigenvalue weighted by atomic mass is 16.5. The summed E-state index contributed by atoms with van der Waals surface area (Å²) in [5, 5.41) is 1.25. The zero-order chi connectivity index (χ0) is 17.9. The van der Waals surface area contributed by atoms with E-state index in [2.05, 4.69) is 34.3 Å². The number of morpholine rings is 1. The van der Waals surface area contributed by atoms with Gasteiger partial charge in [-0.2, -0.15) is 0 Å². The molecule has 0 spiro atoms. The monoisotopic (exact) mass is 345 g/mol. The van der Waals surface area contributed by atoms with E-state index in [1.54, 1.807) is 26.1 Å². The summed E-state index contributed by atoms with van der Waals surface area (Å²) in [6.07, 6.45) is 2.40. The van der Waals surface area contributed by atoms with Gasteiger partial charge in [0.2, 0.25) is 5.91 Å². The first-order valence-corrected chi connectivity index (χ1v) is 8.63. The lowest BCUT2D eigenvalue weighted by atomic mass is 9.96. The average molecular weight is 345 g/mol. The molecule has 1 saturated heterocycles. The van der Waals surface area contributed by atoms with E-state index in [4.69, 9.17) is 9.47 Å². The summed E-state index contributed by atoms with van der Waals surface area (Å²) in [5.74, 6) is 0.0611. The molecule has 0 saturated carbocycles. The van der Waals surface area contributed by atoms with Gasteiger partial charge >= 0.3 is 0 Å². The van der Waals surface area contributed by atoms with Crippen LogP contribution in [0.1, 0.15) is 12.0 Å². The Balaban J connectivity index is 1.75. The molecule has 3 rings (SSSR count). The van der Waals surface area contributed by atoms with E-state index in [0.29, 0.717) is 26.2 Å². The van der Waals surface area contributed by atoms with Crippen molar-refractivity contribution < 1.29 is 14.3 Å². The number of para-hydroxylation sites is 1.